The minimum Gasteiger partial charge on any atom is -0.455 e. The highest BCUT2D eigenvalue weighted by Gasteiger charge is 2.32. The van der Waals surface area contributed by atoms with Gasteiger partial charge in [-0.2, -0.15) is 5.26 Å². The molecule has 1 unspecified atom stereocenters. The molecule has 0 aromatic carbocycles. The number of nitrogens with one attached hydrogen (secondary N) is 1. The first kappa shape index (κ1) is 18.1. The first-order valence-corrected chi connectivity index (χ1v) is 9.89. The Balaban J connectivity index is 1.55. The minimum atomic E-state index is -0.399. The van der Waals surface area contributed by atoms with Crippen LogP contribution in [-0.2, 0) is 38.4 Å². The van der Waals surface area contributed by atoms with E-state index in [1.54, 1.807) is 0 Å². The van der Waals surface area contributed by atoms with E-state index in [1.165, 1.54) is 0 Å². The van der Waals surface area contributed by atoms with Crippen molar-refractivity contribution in [1.82, 2.24) is 4.57 Å². The van der Waals surface area contributed by atoms with E-state index in [-0.39, 0.29) is 24.6 Å². The number of anilines is 1. The second kappa shape index (κ2) is 7.73. The molecule has 7 nitrogen and oxygen atoms in total. The second-order valence-corrected chi connectivity index (χ2v) is 7.64. The molecule has 1 amide bonds. The molecule has 1 aliphatic heterocycles. The molecule has 0 bridgehead atoms. The highest BCUT2D eigenvalue weighted by molar-refractivity contribution is 5.94. The van der Waals surface area contributed by atoms with Gasteiger partial charge in [0.2, 0.25) is 0 Å². The Labute approximate surface area is 158 Å². The molecular formula is C20H25N3O4. The van der Waals surface area contributed by atoms with Gasteiger partial charge in [-0.3, -0.25) is 9.59 Å². The Morgan fingerprint density at radius 3 is 2.74 bits per heavy atom. The fourth-order valence-electron chi connectivity index (χ4n) is 4.05. The lowest BCUT2D eigenvalue weighted by molar-refractivity contribution is -0.148. The summed E-state index contributed by atoms with van der Waals surface area (Å²) < 4.78 is 12.9. The topological polar surface area (TPSA) is 93.4 Å². The fraction of sp³-hybridized carbons (Fsp3) is 0.650. The summed E-state index contributed by atoms with van der Waals surface area (Å²) >= 11 is 0. The van der Waals surface area contributed by atoms with E-state index in [0.717, 1.165) is 69.2 Å². The Kier molecular flexibility index (Phi) is 5.17. The molecule has 2 aliphatic carbocycles. The van der Waals surface area contributed by atoms with Crippen LogP contribution in [0.1, 0.15) is 55.3 Å². The van der Waals surface area contributed by atoms with Crippen molar-refractivity contribution in [3.63, 3.8) is 0 Å². The van der Waals surface area contributed by atoms with Crippen molar-refractivity contribution in [1.29, 1.82) is 5.26 Å². The molecule has 1 saturated heterocycles. The van der Waals surface area contributed by atoms with Crippen molar-refractivity contribution in [2.24, 2.45) is 5.92 Å². The van der Waals surface area contributed by atoms with Crippen molar-refractivity contribution in [3.8, 4) is 6.07 Å². The van der Waals surface area contributed by atoms with Gasteiger partial charge in [0.05, 0.1) is 24.1 Å². The van der Waals surface area contributed by atoms with Gasteiger partial charge < -0.3 is 19.4 Å². The largest absolute Gasteiger partial charge is 0.455 e. The molecule has 144 valence electrons. The van der Waals surface area contributed by atoms with Gasteiger partial charge in [-0.15, -0.1) is 0 Å². The third-order valence-electron chi connectivity index (χ3n) is 5.61. The van der Waals surface area contributed by atoms with Crippen molar-refractivity contribution >= 4 is 17.7 Å². The maximum Gasteiger partial charge on any atom is 0.309 e. The van der Waals surface area contributed by atoms with Gasteiger partial charge in [0.1, 0.15) is 11.9 Å². The van der Waals surface area contributed by atoms with E-state index < -0.39 is 5.91 Å². The minimum absolute atomic E-state index is 0.0387. The second-order valence-electron chi connectivity index (χ2n) is 7.64. The van der Waals surface area contributed by atoms with Crippen molar-refractivity contribution in [2.45, 2.75) is 64.0 Å². The number of aromatic nitrogens is 1. The summed E-state index contributed by atoms with van der Waals surface area (Å²) in [6, 6.07) is 2.28. The van der Waals surface area contributed by atoms with E-state index in [1.807, 2.05) is 0 Å². The predicted octanol–water partition coefficient (Wildman–Crippen LogP) is 2.31. The molecule has 1 atom stereocenters. The number of carbonyl (C=O) groups is 2. The van der Waals surface area contributed by atoms with Crippen LogP contribution in [0.4, 0.5) is 5.82 Å². The molecule has 3 aliphatic rings. The molecule has 7 heteroatoms. The zero-order valence-corrected chi connectivity index (χ0v) is 15.5. The molecule has 27 heavy (non-hydrogen) atoms. The van der Waals surface area contributed by atoms with Gasteiger partial charge in [0.25, 0.3) is 5.91 Å². The molecule has 0 radical (unpaired) electrons. The van der Waals surface area contributed by atoms with Crippen molar-refractivity contribution < 1.29 is 19.1 Å². The van der Waals surface area contributed by atoms with Gasteiger partial charge in [0.15, 0.2) is 6.61 Å². The molecule has 2 fully saturated rings. The molecule has 4 rings (SSSR count). The average molecular weight is 371 g/mol. The van der Waals surface area contributed by atoms with E-state index in [4.69, 9.17) is 9.47 Å². The van der Waals surface area contributed by atoms with Crippen LogP contribution in [0.2, 0.25) is 0 Å². The van der Waals surface area contributed by atoms with Crippen molar-refractivity contribution in [3.05, 3.63) is 16.8 Å². The maximum absolute atomic E-state index is 12.4. The van der Waals surface area contributed by atoms with E-state index in [9.17, 15) is 14.9 Å². The first-order chi connectivity index (χ1) is 13.2. The van der Waals surface area contributed by atoms with Gasteiger partial charge in [-0.05, 0) is 56.9 Å². The average Bonchev–Trinajstić information content (AvgIpc) is 3.33. The van der Waals surface area contributed by atoms with Crippen LogP contribution >= 0.6 is 0 Å². The Bertz CT molecular complexity index is 782. The number of amides is 1. The number of nitrogens with zero attached hydrogens (tertiary/aromatic N) is 2. The van der Waals surface area contributed by atoms with Gasteiger partial charge >= 0.3 is 5.97 Å². The van der Waals surface area contributed by atoms with Crippen LogP contribution in [0.5, 0.6) is 0 Å². The number of carbonyl (C=O) groups excluding carboxylic acids is 2. The van der Waals surface area contributed by atoms with Crippen LogP contribution < -0.4 is 5.32 Å². The highest BCUT2D eigenvalue weighted by Crippen LogP contribution is 2.34. The normalized spacial score (nSPS) is 21.4. The van der Waals surface area contributed by atoms with Gasteiger partial charge in [-0.1, -0.05) is 0 Å². The van der Waals surface area contributed by atoms with E-state index >= 15 is 0 Å². The van der Waals surface area contributed by atoms with E-state index in [0.29, 0.717) is 17.9 Å². The van der Waals surface area contributed by atoms with Gasteiger partial charge in [0, 0.05) is 12.3 Å². The third-order valence-corrected chi connectivity index (χ3v) is 5.61. The van der Waals surface area contributed by atoms with E-state index in [2.05, 4.69) is 16.0 Å². The molecule has 1 saturated carbocycles. The summed E-state index contributed by atoms with van der Waals surface area (Å²) in [7, 11) is 0. The number of hydrogen-bond acceptors (Lipinski definition) is 5. The lowest BCUT2D eigenvalue weighted by Gasteiger charge is -2.19. The summed E-state index contributed by atoms with van der Waals surface area (Å²) in [6.45, 7) is 1.09. The summed E-state index contributed by atoms with van der Waals surface area (Å²) in [6.07, 6.45) is 7.72. The molecule has 1 N–H and O–H groups in total. The first-order valence-electron chi connectivity index (χ1n) is 9.89. The summed E-state index contributed by atoms with van der Waals surface area (Å²) in [5, 5.41) is 12.6. The smallest absolute Gasteiger partial charge is 0.309 e. The molecule has 1 aromatic rings. The summed E-state index contributed by atoms with van der Waals surface area (Å²) in [5.74, 6) is -0.209. The Morgan fingerprint density at radius 1 is 1.22 bits per heavy atom. The van der Waals surface area contributed by atoms with Crippen molar-refractivity contribution in [2.75, 3.05) is 18.5 Å². The molecule has 1 aromatic heterocycles. The number of nitriles is 1. The van der Waals surface area contributed by atoms with Crippen LogP contribution in [-0.4, -0.2) is 35.8 Å². The maximum atomic E-state index is 12.4. The van der Waals surface area contributed by atoms with Gasteiger partial charge in [-0.25, -0.2) is 0 Å². The number of esters is 1. The quantitative estimate of drug-likeness (QED) is 0.775. The zero-order valence-electron chi connectivity index (χ0n) is 15.5. The Hall–Kier alpha value is -2.33. The summed E-state index contributed by atoms with van der Waals surface area (Å²) in [5.41, 5.74) is 2.73. The summed E-state index contributed by atoms with van der Waals surface area (Å²) in [4.78, 5) is 24.1. The number of hydrogen-bond donors (Lipinski definition) is 1. The number of fused-ring (bicyclic) bond motifs is 1. The molecular weight excluding hydrogens is 346 g/mol. The lowest BCUT2D eigenvalue weighted by atomic mass is 9.95. The standard InChI is InChI=1S/C20H25N3O4/c21-10-16-15-5-1-2-6-17(15)23(11-14-4-3-9-26-14)19(16)22-18(24)12-27-20(25)13-7-8-13/h13-14H,1-9,11-12H2,(H,22,24). The van der Waals surface area contributed by atoms with Crippen LogP contribution in [0, 0.1) is 17.2 Å². The van der Waals surface area contributed by atoms with Crippen LogP contribution in [0.15, 0.2) is 0 Å². The molecule has 0 spiro atoms. The van der Waals surface area contributed by atoms with Crippen LogP contribution in [0.3, 0.4) is 0 Å². The Morgan fingerprint density at radius 2 is 2.04 bits per heavy atom. The fourth-order valence-corrected chi connectivity index (χ4v) is 4.05. The number of ether oxygens (including phenoxy) is 2. The third kappa shape index (κ3) is 3.86. The predicted molar refractivity (Wildman–Crippen MR) is 97.1 cm³/mol. The molecule has 2 heterocycles. The highest BCUT2D eigenvalue weighted by atomic mass is 16.5. The van der Waals surface area contributed by atoms with Crippen LogP contribution in [0.25, 0.3) is 0 Å². The monoisotopic (exact) mass is 371 g/mol. The number of rotatable bonds is 6. The lowest BCUT2D eigenvalue weighted by Crippen LogP contribution is -2.25. The SMILES string of the molecule is N#Cc1c2c(n(CC3CCCO3)c1NC(=O)COC(=O)C1CC1)CCCC2. The zero-order chi connectivity index (χ0) is 18.8.